The number of carbonyl (C=O) groups excluding carboxylic acids is 2. The maximum atomic E-state index is 12.4. The van der Waals surface area contributed by atoms with Crippen molar-refractivity contribution < 1.29 is 14.3 Å². The number of hydrogen-bond donors (Lipinski definition) is 2. The number of benzene rings is 2. The van der Waals surface area contributed by atoms with Crippen LogP contribution in [0.5, 0.6) is 0 Å². The van der Waals surface area contributed by atoms with Gasteiger partial charge in [-0.15, -0.1) is 5.10 Å². The molecule has 35 heavy (non-hydrogen) atoms. The standard InChI is InChI=1S/C24H30N8O3/c1-25-23(33)17-7-5-16(6-8-17)21(22-27-28-29-32(22)11-12-35-4)26-20-10-9-18-14-31(15-19(18)13-20)24(34)30(2)3/h5-10,13,21,26H,11-12,14-15H2,1-4H3,(H,25,33). The highest BCUT2D eigenvalue weighted by Gasteiger charge is 2.26. The minimum atomic E-state index is -0.375. The Morgan fingerprint density at radius 2 is 1.86 bits per heavy atom. The number of methoxy groups -OCH3 is 1. The Kier molecular flexibility index (Phi) is 7.25. The van der Waals surface area contributed by atoms with Crippen LogP contribution in [0.25, 0.3) is 0 Å². The van der Waals surface area contributed by atoms with Gasteiger partial charge in [-0.05, 0) is 51.4 Å². The fraction of sp³-hybridized carbons (Fsp3) is 0.375. The first-order chi connectivity index (χ1) is 16.9. The highest BCUT2D eigenvalue weighted by Crippen LogP contribution is 2.30. The Morgan fingerprint density at radius 1 is 1.11 bits per heavy atom. The normalized spacial score (nSPS) is 13.3. The highest BCUT2D eigenvalue weighted by atomic mass is 16.5. The minimum Gasteiger partial charge on any atom is -0.383 e. The minimum absolute atomic E-state index is 0.0119. The van der Waals surface area contributed by atoms with Crippen LogP contribution in [0, 0.1) is 0 Å². The van der Waals surface area contributed by atoms with Crippen molar-refractivity contribution in [2.24, 2.45) is 0 Å². The molecule has 0 saturated heterocycles. The third-order valence-corrected chi connectivity index (χ3v) is 5.95. The number of amides is 3. The van der Waals surface area contributed by atoms with Crippen LogP contribution in [-0.2, 0) is 24.4 Å². The molecule has 0 spiro atoms. The van der Waals surface area contributed by atoms with Gasteiger partial charge in [0.2, 0.25) is 0 Å². The fourth-order valence-electron chi connectivity index (χ4n) is 4.09. The lowest BCUT2D eigenvalue weighted by Crippen LogP contribution is -2.35. The summed E-state index contributed by atoms with van der Waals surface area (Å²) < 4.78 is 6.92. The fourth-order valence-corrected chi connectivity index (χ4v) is 4.09. The zero-order chi connectivity index (χ0) is 24.9. The van der Waals surface area contributed by atoms with Gasteiger partial charge in [0.15, 0.2) is 5.82 Å². The van der Waals surface area contributed by atoms with Crippen LogP contribution in [0.2, 0.25) is 0 Å². The monoisotopic (exact) mass is 478 g/mol. The van der Waals surface area contributed by atoms with Crippen molar-refractivity contribution in [1.29, 1.82) is 0 Å². The molecule has 2 heterocycles. The summed E-state index contributed by atoms with van der Waals surface area (Å²) in [7, 11) is 6.75. The number of hydrogen-bond acceptors (Lipinski definition) is 7. The molecule has 1 aliphatic rings. The summed E-state index contributed by atoms with van der Waals surface area (Å²) in [6.07, 6.45) is 0. The van der Waals surface area contributed by atoms with Gasteiger partial charge >= 0.3 is 6.03 Å². The predicted octanol–water partition coefficient (Wildman–Crippen LogP) is 1.88. The summed E-state index contributed by atoms with van der Waals surface area (Å²) in [6, 6.07) is 13.1. The van der Waals surface area contributed by atoms with Crippen LogP contribution < -0.4 is 10.6 Å². The quantitative estimate of drug-likeness (QED) is 0.508. The van der Waals surface area contributed by atoms with Gasteiger partial charge in [-0.25, -0.2) is 9.48 Å². The first-order valence-electron chi connectivity index (χ1n) is 11.3. The Morgan fingerprint density at radius 3 is 2.54 bits per heavy atom. The van der Waals surface area contributed by atoms with E-state index in [9.17, 15) is 9.59 Å². The topological polar surface area (TPSA) is 118 Å². The van der Waals surface area contributed by atoms with Gasteiger partial charge in [0, 0.05) is 52.6 Å². The third-order valence-electron chi connectivity index (χ3n) is 5.95. The van der Waals surface area contributed by atoms with Crippen molar-refractivity contribution in [2.75, 3.05) is 40.2 Å². The number of nitrogens with one attached hydrogen (secondary N) is 2. The number of nitrogens with zero attached hydrogens (tertiary/aromatic N) is 6. The van der Waals surface area contributed by atoms with E-state index in [4.69, 9.17) is 4.74 Å². The van der Waals surface area contributed by atoms with Crippen molar-refractivity contribution in [2.45, 2.75) is 25.7 Å². The molecule has 3 amide bonds. The van der Waals surface area contributed by atoms with Crippen LogP contribution in [0.3, 0.4) is 0 Å². The third kappa shape index (κ3) is 5.24. The largest absolute Gasteiger partial charge is 0.383 e. The molecule has 184 valence electrons. The van der Waals surface area contributed by atoms with Crippen LogP contribution in [-0.4, -0.2) is 76.8 Å². The summed E-state index contributed by atoms with van der Waals surface area (Å²) in [6.45, 7) is 2.11. The lowest BCUT2D eigenvalue weighted by atomic mass is 10.0. The van der Waals surface area contributed by atoms with Crippen LogP contribution in [0.1, 0.15) is 38.9 Å². The lowest BCUT2D eigenvalue weighted by Gasteiger charge is -2.21. The van der Waals surface area contributed by atoms with Crippen molar-refractivity contribution >= 4 is 17.6 Å². The summed E-state index contributed by atoms with van der Waals surface area (Å²) in [5.41, 5.74) is 4.57. The zero-order valence-electron chi connectivity index (χ0n) is 20.4. The molecule has 2 N–H and O–H groups in total. The molecule has 1 atom stereocenters. The molecular weight excluding hydrogens is 448 g/mol. The Labute approximate surface area is 204 Å². The first kappa shape index (κ1) is 24.1. The van der Waals surface area contributed by atoms with E-state index in [1.54, 1.807) is 50.0 Å². The van der Waals surface area contributed by atoms with Gasteiger partial charge in [-0.1, -0.05) is 18.2 Å². The summed E-state index contributed by atoms with van der Waals surface area (Å²) in [5.74, 6) is 0.473. The van der Waals surface area contributed by atoms with E-state index in [1.807, 2.05) is 29.2 Å². The Hall–Kier alpha value is -3.99. The van der Waals surface area contributed by atoms with E-state index >= 15 is 0 Å². The van der Waals surface area contributed by atoms with Crippen molar-refractivity contribution in [3.63, 3.8) is 0 Å². The summed E-state index contributed by atoms with van der Waals surface area (Å²) >= 11 is 0. The van der Waals surface area contributed by atoms with Gasteiger partial charge in [0.1, 0.15) is 6.04 Å². The second kappa shape index (κ2) is 10.5. The van der Waals surface area contributed by atoms with Gasteiger partial charge in [0.25, 0.3) is 5.91 Å². The predicted molar refractivity (Wildman–Crippen MR) is 130 cm³/mol. The van der Waals surface area contributed by atoms with Gasteiger partial charge < -0.3 is 25.2 Å². The van der Waals surface area contributed by atoms with Crippen molar-refractivity contribution in [1.82, 2.24) is 35.3 Å². The van der Waals surface area contributed by atoms with E-state index in [0.717, 1.165) is 22.4 Å². The van der Waals surface area contributed by atoms with Crippen molar-refractivity contribution in [3.8, 4) is 0 Å². The molecule has 11 nitrogen and oxygen atoms in total. The average molecular weight is 479 g/mol. The second-order valence-electron chi connectivity index (χ2n) is 8.55. The summed E-state index contributed by atoms with van der Waals surface area (Å²) in [5, 5.41) is 18.5. The van der Waals surface area contributed by atoms with Crippen LogP contribution in [0.4, 0.5) is 10.5 Å². The molecule has 3 aromatic rings. The number of carbonyl (C=O) groups is 2. The lowest BCUT2D eigenvalue weighted by molar-refractivity contribution is 0.0963. The molecular formula is C24H30N8O3. The van der Waals surface area contributed by atoms with E-state index < -0.39 is 0 Å². The number of rotatable bonds is 8. The van der Waals surface area contributed by atoms with Crippen LogP contribution >= 0.6 is 0 Å². The average Bonchev–Trinajstić information content (AvgIpc) is 3.51. The van der Waals surface area contributed by atoms with E-state index in [2.05, 4.69) is 32.2 Å². The molecule has 4 rings (SSSR count). The number of ether oxygens (including phenoxy) is 1. The Balaban J connectivity index is 1.63. The number of aromatic nitrogens is 4. The highest BCUT2D eigenvalue weighted by molar-refractivity contribution is 5.94. The molecule has 1 unspecified atom stereocenters. The molecule has 0 radical (unpaired) electrons. The van der Waals surface area contributed by atoms with Gasteiger partial charge in [0.05, 0.1) is 13.2 Å². The zero-order valence-corrected chi connectivity index (χ0v) is 20.4. The number of anilines is 1. The molecule has 1 aromatic heterocycles. The smallest absolute Gasteiger partial charge is 0.320 e. The van der Waals surface area contributed by atoms with Gasteiger partial charge in [-0.2, -0.15) is 0 Å². The molecule has 0 saturated carbocycles. The SMILES string of the molecule is CNC(=O)c1ccc(C(Nc2ccc3c(c2)CN(C(=O)N(C)C)C3)c2nnnn2CCOC)cc1. The molecule has 2 aromatic carbocycles. The summed E-state index contributed by atoms with van der Waals surface area (Å²) in [4.78, 5) is 27.8. The van der Waals surface area contributed by atoms with Crippen LogP contribution in [0.15, 0.2) is 42.5 Å². The molecule has 1 aliphatic heterocycles. The van der Waals surface area contributed by atoms with E-state index in [1.165, 1.54) is 0 Å². The molecule has 11 heteroatoms. The second-order valence-corrected chi connectivity index (χ2v) is 8.55. The molecule has 0 fully saturated rings. The molecule has 0 aliphatic carbocycles. The van der Waals surface area contributed by atoms with Crippen molar-refractivity contribution in [3.05, 3.63) is 70.5 Å². The Bertz CT molecular complexity index is 1190. The molecule has 0 bridgehead atoms. The number of urea groups is 1. The maximum absolute atomic E-state index is 12.4. The maximum Gasteiger partial charge on any atom is 0.320 e. The first-order valence-corrected chi connectivity index (χ1v) is 11.3. The number of fused-ring (bicyclic) bond motifs is 1. The van der Waals surface area contributed by atoms with E-state index in [0.29, 0.717) is 37.6 Å². The van der Waals surface area contributed by atoms with Gasteiger partial charge in [-0.3, -0.25) is 4.79 Å². The van der Waals surface area contributed by atoms with E-state index in [-0.39, 0.29) is 18.0 Å². The number of tetrazole rings is 1.